The lowest BCUT2D eigenvalue weighted by Gasteiger charge is -2.24. The largest absolute Gasteiger partial charge is 0.497 e. The Morgan fingerprint density at radius 1 is 1.44 bits per heavy atom. The summed E-state index contributed by atoms with van der Waals surface area (Å²) in [6.07, 6.45) is 3.93. The maximum atomic E-state index is 5.19. The minimum absolute atomic E-state index is 0.611. The van der Waals surface area contributed by atoms with Gasteiger partial charge in [-0.1, -0.05) is 12.5 Å². The molecule has 3 heteroatoms. The van der Waals surface area contributed by atoms with Gasteiger partial charge in [-0.15, -0.1) is 0 Å². The first-order chi connectivity index (χ1) is 7.88. The van der Waals surface area contributed by atoms with Crippen molar-refractivity contribution in [2.45, 2.75) is 25.3 Å². The van der Waals surface area contributed by atoms with Gasteiger partial charge in [-0.25, -0.2) is 0 Å². The highest BCUT2D eigenvalue weighted by Gasteiger charge is 2.11. The van der Waals surface area contributed by atoms with E-state index in [1.54, 1.807) is 7.11 Å². The molecule has 0 saturated carbocycles. The van der Waals surface area contributed by atoms with E-state index in [1.165, 1.54) is 19.3 Å². The van der Waals surface area contributed by atoms with E-state index in [0.29, 0.717) is 6.04 Å². The first-order valence-electron chi connectivity index (χ1n) is 6.00. The van der Waals surface area contributed by atoms with Crippen molar-refractivity contribution in [1.29, 1.82) is 0 Å². The van der Waals surface area contributed by atoms with E-state index in [2.05, 4.69) is 16.7 Å². The molecular weight excluding hydrogens is 200 g/mol. The number of anilines is 1. The van der Waals surface area contributed by atoms with E-state index in [0.717, 1.165) is 24.5 Å². The summed E-state index contributed by atoms with van der Waals surface area (Å²) < 4.78 is 5.19. The fourth-order valence-corrected chi connectivity index (χ4v) is 2.07. The zero-order valence-electron chi connectivity index (χ0n) is 9.83. The molecule has 1 heterocycles. The quantitative estimate of drug-likeness (QED) is 0.816. The molecule has 0 bridgehead atoms. The topological polar surface area (TPSA) is 33.3 Å². The van der Waals surface area contributed by atoms with E-state index in [9.17, 15) is 0 Å². The normalized spacial score (nSPS) is 20.4. The van der Waals surface area contributed by atoms with Crippen LogP contribution in [0.5, 0.6) is 5.75 Å². The molecule has 1 aromatic carbocycles. The first-order valence-corrected chi connectivity index (χ1v) is 6.00. The highest BCUT2D eigenvalue weighted by Crippen LogP contribution is 2.17. The molecule has 1 saturated heterocycles. The van der Waals surface area contributed by atoms with Crippen LogP contribution in [0.1, 0.15) is 19.3 Å². The van der Waals surface area contributed by atoms with Crippen LogP contribution in [0.25, 0.3) is 0 Å². The average Bonchev–Trinajstić information content (AvgIpc) is 2.38. The third-order valence-electron chi connectivity index (χ3n) is 3.03. The number of benzene rings is 1. The molecular formula is C13H20N2O. The Bertz CT molecular complexity index is 321. The standard InChI is InChI=1S/C13H20N2O/c1-16-13-7-4-6-11(9-13)15-10-12-5-2-3-8-14-12/h4,6-7,9,12,14-15H,2-3,5,8,10H2,1H3. The summed E-state index contributed by atoms with van der Waals surface area (Å²) in [5.41, 5.74) is 1.13. The predicted octanol–water partition coefficient (Wildman–Crippen LogP) is 2.25. The van der Waals surface area contributed by atoms with Crippen LogP contribution in [0, 0.1) is 0 Å². The van der Waals surface area contributed by atoms with Crippen molar-refractivity contribution in [3.05, 3.63) is 24.3 Å². The summed E-state index contributed by atoms with van der Waals surface area (Å²) in [7, 11) is 1.70. The van der Waals surface area contributed by atoms with Crippen LogP contribution in [0.3, 0.4) is 0 Å². The van der Waals surface area contributed by atoms with Crippen LogP contribution >= 0.6 is 0 Å². The summed E-state index contributed by atoms with van der Waals surface area (Å²) in [6.45, 7) is 2.15. The zero-order valence-corrected chi connectivity index (χ0v) is 9.83. The van der Waals surface area contributed by atoms with Crippen molar-refractivity contribution >= 4 is 5.69 Å². The number of ether oxygens (including phenoxy) is 1. The minimum Gasteiger partial charge on any atom is -0.497 e. The van der Waals surface area contributed by atoms with Crippen LogP contribution in [0.4, 0.5) is 5.69 Å². The molecule has 3 nitrogen and oxygen atoms in total. The van der Waals surface area contributed by atoms with Crippen molar-refractivity contribution in [1.82, 2.24) is 5.32 Å². The summed E-state index contributed by atoms with van der Waals surface area (Å²) in [5, 5.41) is 6.97. The number of methoxy groups -OCH3 is 1. The predicted molar refractivity (Wildman–Crippen MR) is 67.1 cm³/mol. The lowest BCUT2D eigenvalue weighted by atomic mass is 10.1. The van der Waals surface area contributed by atoms with Crippen molar-refractivity contribution in [2.75, 3.05) is 25.5 Å². The molecule has 0 aliphatic carbocycles. The van der Waals surface area contributed by atoms with Gasteiger partial charge in [-0.2, -0.15) is 0 Å². The van der Waals surface area contributed by atoms with Gasteiger partial charge in [0.2, 0.25) is 0 Å². The third kappa shape index (κ3) is 3.14. The summed E-state index contributed by atoms with van der Waals surface area (Å²) in [6, 6.07) is 8.69. The summed E-state index contributed by atoms with van der Waals surface area (Å²) in [4.78, 5) is 0. The minimum atomic E-state index is 0.611. The van der Waals surface area contributed by atoms with Gasteiger partial charge in [0.15, 0.2) is 0 Å². The zero-order chi connectivity index (χ0) is 11.2. The Morgan fingerprint density at radius 3 is 3.12 bits per heavy atom. The SMILES string of the molecule is COc1cccc(NCC2CCCCN2)c1. The highest BCUT2D eigenvalue weighted by molar-refractivity contribution is 5.48. The van der Waals surface area contributed by atoms with E-state index in [4.69, 9.17) is 4.74 Å². The van der Waals surface area contributed by atoms with Crippen LogP contribution in [0.2, 0.25) is 0 Å². The Morgan fingerprint density at radius 2 is 2.38 bits per heavy atom. The van der Waals surface area contributed by atoms with Gasteiger partial charge < -0.3 is 15.4 Å². The van der Waals surface area contributed by atoms with Gasteiger partial charge in [-0.05, 0) is 31.5 Å². The van der Waals surface area contributed by atoms with E-state index < -0.39 is 0 Å². The molecule has 2 N–H and O–H groups in total. The number of hydrogen-bond acceptors (Lipinski definition) is 3. The van der Waals surface area contributed by atoms with Crippen molar-refractivity contribution < 1.29 is 4.74 Å². The molecule has 1 aromatic rings. The van der Waals surface area contributed by atoms with Crippen LogP contribution < -0.4 is 15.4 Å². The maximum absolute atomic E-state index is 5.19. The number of piperidine rings is 1. The molecule has 1 fully saturated rings. The van der Waals surface area contributed by atoms with E-state index >= 15 is 0 Å². The number of nitrogens with one attached hydrogen (secondary N) is 2. The van der Waals surface area contributed by atoms with Gasteiger partial charge in [0, 0.05) is 24.3 Å². The molecule has 0 radical (unpaired) electrons. The van der Waals surface area contributed by atoms with Crippen LogP contribution in [-0.2, 0) is 0 Å². The number of rotatable bonds is 4. The molecule has 0 aromatic heterocycles. The fraction of sp³-hybridized carbons (Fsp3) is 0.538. The molecule has 1 aliphatic rings. The summed E-state index contributed by atoms with van der Waals surface area (Å²) >= 11 is 0. The molecule has 1 atom stereocenters. The van der Waals surface area contributed by atoms with Gasteiger partial charge >= 0.3 is 0 Å². The molecule has 0 spiro atoms. The molecule has 2 rings (SSSR count). The second-order valence-corrected chi connectivity index (χ2v) is 4.26. The Balaban J connectivity index is 1.83. The lowest BCUT2D eigenvalue weighted by molar-refractivity contribution is 0.412. The van der Waals surface area contributed by atoms with E-state index in [-0.39, 0.29) is 0 Å². The van der Waals surface area contributed by atoms with Gasteiger partial charge in [0.05, 0.1) is 7.11 Å². The van der Waals surface area contributed by atoms with Gasteiger partial charge in [0.1, 0.15) is 5.75 Å². The lowest BCUT2D eigenvalue weighted by Crippen LogP contribution is -2.39. The van der Waals surface area contributed by atoms with Gasteiger partial charge in [-0.3, -0.25) is 0 Å². The Kier molecular flexibility index (Phi) is 4.05. The third-order valence-corrected chi connectivity index (χ3v) is 3.03. The Labute approximate surface area is 97.2 Å². The fourth-order valence-electron chi connectivity index (χ4n) is 2.07. The molecule has 0 amide bonds. The van der Waals surface area contributed by atoms with E-state index in [1.807, 2.05) is 18.2 Å². The van der Waals surface area contributed by atoms with Crippen molar-refractivity contribution in [3.63, 3.8) is 0 Å². The highest BCUT2D eigenvalue weighted by atomic mass is 16.5. The maximum Gasteiger partial charge on any atom is 0.120 e. The second-order valence-electron chi connectivity index (χ2n) is 4.26. The average molecular weight is 220 g/mol. The monoisotopic (exact) mass is 220 g/mol. The second kappa shape index (κ2) is 5.75. The smallest absolute Gasteiger partial charge is 0.120 e. The molecule has 88 valence electrons. The summed E-state index contributed by atoms with van der Waals surface area (Å²) in [5.74, 6) is 0.904. The van der Waals surface area contributed by atoms with Crippen molar-refractivity contribution in [3.8, 4) is 5.75 Å². The molecule has 1 aliphatic heterocycles. The Hall–Kier alpha value is -1.22. The van der Waals surface area contributed by atoms with Crippen molar-refractivity contribution in [2.24, 2.45) is 0 Å². The molecule has 16 heavy (non-hydrogen) atoms. The van der Waals surface area contributed by atoms with Crippen LogP contribution in [-0.4, -0.2) is 26.2 Å². The van der Waals surface area contributed by atoms with Gasteiger partial charge in [0.25, 0.3) is 0 Å². The van der Waals surface area contributed by atoms with Crippen LogP contribution in [0.15, 0.2) is 24.3 Å². The molecule has 1 unspecified atom stereocenters. The number of hydrogen-bond donors (Lipinski definition) is 2. The first kappa shape index (κ1) is 11.3.